The minimum absolute atomic E-state index is 0.0978. The lowest BCUT2D eigenvalue weighted by atomic mass is 10.1. The van der Waals surface area contributed by atoms with Gasteiger partial charge >= 0.3 is 12.0 Å². The Morgan fingerprint density at radius 3 is 2.43 bits per heavy atom. The van der Waals surface area contributed by atoms with Gasteiger partial charge in [-0.15, -0.1) is 0 Å². The number of primary amides is 1. The molecule has 0 heterocycles. The number of nitrogens with two attached hydrogens (primary N) is 1. The molecule has 0 saturated heterocycles. The van der Waals surface area contributed by atoms with Crippen LogP contribution in [0.15, 0.2) is 18.2 Å². The van der Waals surface area contributed by atoms with Crippen molar-refractivity contribution in [1.82, 2.24) is 5.32 Å². The second-order valence-electron chi connectivity index (χ2n) is 4.12. The van der Waals surface area contributed by atoms with Crippen LogP contribution < -0.4 is 16.4 Å². The van der Waals surface area contributed by atoms with Gasteiger partial charge in [-0.1, -0.05) is 23.2 Å². The van der Waals surface area contributed by atoms with Crippen LogP contribution in [0, 0.1) is 0 Å². The molecule has 21 heavy (non-hydrogen) atoms. The fourth-order valence-corrected chi connectivity index (χ4v) is 1.74. The van der Waals surface area contributed by atoms with Crippen molar-refractivity contribution >= 4 is 46.8 Å². The Hall–Kier alpha value is -1.99. The minimum atomic E-state index is -1.26. The number of hydrogen-bond donors (Lipinski definition) is 4. The number of carbonyl (C=O) groups excluding carboxylic acids is 2. The van der Waals surface area contributed by atoms with Gasteiger partial charge in [0.25, 0.3) is 0 Å². The molecule has 0 radical (unpaired) electrons. The van der Waals surface area contributed by atoms with Crippen molar-refractivity contribution in [2.24, 2.45) is 5.73 Å². The van der Waals surface area contributed by atoms with E-state index in [1.807, 2.05) is 0 Å². The van der Waals surface area contributed by atoms with Crippen LogP contribution in [0.2, 0.25) is 10.0 Å². The zero-order valence-corrected chi connectivity index (χ0v) is 12.2. The summed E-state index contributed by atoms with van der Waals surface area (Å²) in [6, 6.07) is 2.45. The van der Waals surface area contributed by atoms with Gasteiger partial charge in [-0.3, -0.25) is 4.79 Å². The second kappa shape index (κ2) is 7.70. The fraction of sp³-hybridized carbons (Fsp3) is 0.250. The third-order valence-corrected chi connectivity index (χ3v) is 3.20. The quantitative estimate of drug-likeness (QED) is 0.634. The predicted molar refractivity (Wildman–Crippen MR) is 78.5 cm³/mol. The summed E-state index contributed by atoms with van der Waals surface area (Å²) >= 11 is 11.5. The third-order valence-electron chi connectivity index (χ3n) is 2.46. The molecule has 0 aliphatic heterocycles. The van der Waals surface area contributed by atoms with Crippen molar-refractivity contribution in [3.8, 4) is 0 Å². The van der Waals surface area contributed by atoms with Gasteiger partial charge in [0.05, 0.1) is 10.0 Å². The van der Waals surface area contributed by atoms with E-state index in [2.05, 4.69) is 10.6 Å². The van der Waals surface area contributed by atoms with E-state index in [0.717, 1.165) is 0 Å². The fourth-order valence-electron chi connectivity index (χ4n) is 1.44. The summed E-state index contributed by atoms with van der Waals surface area (Å²) in [6.07, 6.45) is -0.247. The Bertz CT molecular complexity index is 565. The Labute approximate surface area is 130 Å². The molecule has 1 rings (SSSR count). The number of rotatable bonds is 6. The summed E-state index contributed by atoms with van der Waals surface area (Å²) in [6.45, 7) is 0. The number of carboxylic acids is 1. The molecule has 0 bridgehead atoms. The SMILES string of the molecule is NC(=O)CC[C@H](NC(=O)Nc1ccc(Cl)c(Cl)c1)C(=O)O. The van der Waals surface area contributed by atoms with Gasteiger partial charge in [-0.25, -0.2) is 9.59 Å². The second-order valence-corrected chi connectivity index (χ2v) is 4.94. The maximum absolute atomic E-state index is 11.7. The highest BCUT2D eigenvalue weighted by molar-refractivity contribution is 6.42. The maximum atomic E-state index is 11.7. The normalized spacial score (nSPS) is 11.5. The molecule has 114 valence electrons. The number of aliphatic carboxylic acids is 1. The summed E-state index contributed by atoms with van der Waals surface area (Å²) in [5.41, 5.74) is 5.29. The summed E-state index contributed by atoms with van der Waals surface area (Å²) in [4.78, 5) is 33.3. The van der Waals surface area contributed by atoms with Crippen LogP contribution in [-0.2, 0) is 9.59 Å². The van der Waals surface area contributed by atoms with Crippen LogP contribution in [0.25, 0.3) is 0 Å². The number of halogens is 2. The molecule has 0 unspecified atom stereocenters. The molecule has 5 N–H and O–H groups in total. The van der Waals surface area contributed by atoms with Crippen molar-refractivity contribution in [1.29, 1.82) is 0 Å². The average Bonchev–Trinajstić information content (AvgIpc) is 2.38. The smallest absolute Gasteiger partial charge is 0.326 e. The van der Waals surface area contributed by atoms with Crippen molar-refractivity contribution in [2.75, 3.05) is 5.32 Å². The number of urea groups is 1. The molecule has 1 aromatic rings. The van der Waals surface area contributed by atoms with Crippen LogP contribution in [-0.4, -0.2) is 29.1 Å². The zero-order valence-electron chi connectivity index (χ0n) is 10.7. The molecule has 7 nitrogen and oxygen atoms in total. The van der Waals surface area contributed by atoms with Crippen molar-refractivity contribution in [3.05, 3.63) is 28.2 Å². The molecule has 0 aromatic heterocycles. The highest BCUT2D eigenvalue weighted by atomic mass is 35.5. The number of carbonyl (C=O) groups is 3. The van der Waals surface area contributed by atoms with E-state index in [4.69, 9.17) is 34.0 Å². The first-order valence-electron chi connectivity index (χ1n) is 5.83. The maximum Gasteiger partial charge on any atom is 0.326 e. The minimum Gasteiger partial charge on any atom is -0.480 e. The molecular formula is C12H13Cl2N3O4. The van der Waals surface area contributed by atoms with E-state index in [1.165, 1.54) is 18.2 Å². The lowest BCUT2D eigenvalue weighted by Crippen LogP contribution is -2.43. The first-order valence-corrected chi connectivity index (χ1v) is 6.59. The first kappa shape index (κ1) is 17.1. The number of carboxylic acid groups (broad SMARTS) is 1. The standard InChI is InChI=1S/C12H13Cl2N3O4/c13-7-2-1-6(5-8(7)14)16-12(21)17-9(11(19)20)3-4-10(15)18/h1-2,5,9H,3-4H2,(H2,15,18)(H,19,20)(H2,16,17,21)/t9-/m0/s1. The predicted octanol–water partition coefficient (Wildman–Crippen LogP) is 1.83. The van der Waals surface area contributed by atoms with Gasteiger partial charge in [0.1, 0.15) is 6.04 Å². The number of anilines is 1. The van der Waals surface area contributed by atoms with E-state index < -0.39 is 23.9 Å². The number of nitrogens with one attached hydrogen (secondary N) is 2. The monoisotopic (exact) mass is 333 g/mol. The lowest BCUT2D eigenvalue weighted by molar-refractivity contribution is -0.139. The molecule has 1 aromatic carbocycles. The molecule has 3 amide bonds. The Morgan fingerprint density at radius 1 is 1.24 bits per heavy atom. The average molecular weight is 334 g/mol. The first-order chi connectivity index (χ1) is 9.79. The third kappa shape index (κ3) is 5.88. The van der Waals surface area contributed by atoms with E-state index in [1.54, 1.807) is 0 Å². The topological polar surface area (TPSA) is 122 Å². The molecule has 0 saturated carbocycles. The molecule has 0 fully saturated rings. The summed E-state index contributed by atoms with van der Waals surface area (Å²) in [5.74, 6) is -1.91. The van der Waals surface area contributed by atoms with Gasteiger partial charge in [0.15, 0.2) is 0 Å². The van der Waals surface area contributed by atoms with Gasteiger partial charge < -0.3 is 21.5 Å². The highest BCUT2D eigenvalue weighted by Gasteiger charge is 2.20. The number of benzene rings is 1. The van der Waals surface area contributed by atoms with Crippen molar-refractivity contribution in [2.45, 2.75) is 18.9 Å². The summed E-state index contributed by atoms with van der Waals surface area (Å²) in [5, 5.41) is 14.2. The Kier molecular flexibility index (Phi) is 6.26. The van der Waals surface area contributed by atoms with Crippen molar-refractivity contribution in [3.63, 3.8) is 0 Å². The summed E-state index contributed by atoms with van der Waals surface area (Å²) in [7, 11) is 0. The van der Waals surface area contributed by atoms with Crippen LogP contribution in [0.4, 0.5) is 10.5 Å². The highest BCUT2D eigenvalue weighted by Crippen LogP contribution is 2.24. The van der Waals surface area contributed by atoms with E-state index in [-0.39, 0.29) is 17.9 Å². The molecule has 0 aliphatic rings. The number of hydrogen-bond acceptors (Lipinski definition) is 3. The Morgan fingerprint density at radius 2 is 1.90 bits per heavy atom. The van der Waals surface area contributed by atoms with Crippen LogP contribution in [0.1, 0.15) is 12.8 Å². The van der Waals surface area contributed by atoms with Gasteiger partial charge in [0.2, 0.25) is 5.91 Å². The molecule has 9 heteroatoms. The zero-order chi connectivity index (χ0) is 16.0. The molecular weight excluding hydrogens is 321 g/mol. The van der Waals surface area contributed by atoms with Crippen LogP contribution >= 0.6 is 23.2 Å². The van der Waals surface area contributed by atoms with E-state index in [0.29, 0.717) is 10.7 Å². The van der Waals surface area contributed by atoms with Crippen LogP contribution in [0.3, 0.4) is 0 Å². The largest absolute Gasteiger partial charge is 0.480 e. The molecule has 1 atom stereocenters. The van der Waals surface area contributed by atoms with E-state index >= 15 is 0 Å². The van der Waals surface area contributed by atoms with Crippen molar-refractivity contribution < 1.29 is 19.5 Å². The van der Waals surface area contributed by atoms with E-state index in [9.17, 15) is 14.4 Å². The Balaban J connectivity index is 2.62. The molecule has 0 spiro atoms. The van der Waals surface area contributed by atoms with Gasteiger partial charge in [-0.05, 0) is 24.6 Å². The van der Waals surface area contributed by atoms with Gasteiger partial charge in [-0.2, -0.15) is 0 Å². The van der Waals surface area contributed by atoms with Crippen LogP contribution in [0.5, 0.6) is 0 Å². The van der Waals surface area contributed by atoms with Gasteiger partial charge in [0, 0.05) is 12.1 Å². The molecule has 0 aliphatic carbocycles. The number of amides is 3. The summed E-state index contributed by atoms with van der Waals surface area (Å²) < 4.78 is 0. The lowest BCUT2D eigenvalue weighted by Gasteiger charge is -2.14.